The highest BCUT2D eigenvalue weighted by molar-refractivity contribution is 9.10. The second-order valence-corrected chi connectivity index (χ2v) is 4.71. The fraction of sp³-hybridized carbons (Fsp3) is 0.167. The fourth-order valence-electron chi connectivity index (χ4n) is 1.74. The third kappa shape index (κ3) is 2.42. The maximum Gasteiger partial charge on any atom is 0.343 e. The quantitative estimate of drug-likeness (QED) is 0.525. The van der Waals surface area contributed by atoms with Gasteiger partial charge in [0.05, 0.1) is 22.4 Å². The highest BCUT2D eigenvalue weighted by Crippen LogP contribution is 2.26. The molecule has 0 saturated heterocycles. The number of pyridine rings is 1. The van der Waals surface area contributed by atoms with Gasteiger partial charge in [0.15, 0.2) is 0 Å². The van der Waals surface area contributed by atoms with Crippen molar-refractivity contribution in [2.45, 2.75) is 6.92 Å². The minimum Gasteiger partial charge on any atom is -0.462 e. The maximum absolute atomic E-state index is 12.2. The predicted octanol–water partition coefficient (Wildman–Crippen LogP) is 2.38. The number of ether oxygens (including phenoxy) is 1. The van der Waals surface area contributed by atoms with Crippen molar-refractivity contribution in [1.29, 1.82) is 0 Å². The molecule has 0 aliphatic heterocycles. The highest BCUT2D eigenvalue weighted by Gasteiger charge is 2.18. The maximum atomic E-state index is 12.2. The van der Waals surface area contributed by atoms with Gasteiger partial charge in [0.2, 0.25) is 5.43 Å². The molecule has 0 spiro atoms. The molecule has 0 radical (unpaired) electrons. The van der Waals surface area contributed by atoms with Crippen molar-refractivity contribution in [1.82, 2.24) is 4.98 Å². The Balaban J connectivity index is 2.74. The molecule has 0 saturated carbocycles. The lowest BCUT2D eigenvalue weighted by atomic mass is 10.1. The van der Waals surface area contributed by atoms with Crippen LogP contribution in [0.1, 0.15) is 17.3 Å². The summed E-state index contributed by atoms with van der Waals surface area (Å²) in [5, 5.41) is 10.9. The summed E-state index contributed by atoms with van der Waals surface area (Å²) in [6.45, 7) is 1.75. The largest absolute Gasteiger partial charge is 0.462 e. The molecule has 0 aliphatic carbocycles. The van der Waals surface area contributed by atoms with Crippen molar-refractivity contribution < 1.29 is 14.5 Å². The molecule has 2 aromatic rings. The first-order chi connectivity index (χ1) is 9.45. The summed E-state index contributed by atoms with van der Waals surface area (Å²) >= 11 is 3.15. The minimum absolute atomic E-state index is 0.0524. The molecule has 2 rings (SSSR count). The number of hydrogen-bond donors (Lipinski definition) is 1. The number of nitro groups is 1. The number of carbonyl (C=O) groups is 1. The van der Waals surface area contributed by atoms with Crippen LogP contribution in [0, 0.1) is 10.1 Å². The molecule has 1 aromatic heterocycles. The molecule has 0 aliphatic rings. The van der Waals surface area contributed by atoms with Crippen molar-refractivity contribution in [3.63, 3.8) is 0 Å². The summed E-state index contributed by atoms with van der Waals surface area (Å²) < 4.78 is 5.13. The molecule has 0 bridgehead atoms. The van der Waals surface area contributed by atoms with Crippen LogP contribution in [0.25, 0.3) is 10.9 Å². The molecule has 8 heteroatoms. The summed E-state index contributed by atoms with van der Waals surface area (Å²) in [6, 6.07) is 2.41. The van der Waals surface area contributed by atoms with Crippen LogP contribution in [0.4, 0.5) is 5.69 Å². The highest BCUT2D eigenvalue weighted by atomic mass is 79.9. The molecule has 1 aromatic carbocycles. The zero-order valence-electron chi connectivity index (χ0n) is 10.3. The number of non-ortho nitro benzene ring substituents is 1. The van der Waals surface area contributed by atoms with Gasteiger partial charge in [-0.05, 0) is 22.9 Å². The van der Waals surface area contributed by atoms with Crippen LogP contribution in [0.5, 0.6) is 0 Å². The van der Waals surface area contributed by atoms with Crippen LogP contribution in [0.2, 0.25) is 0 Å². The van der Waals surface area contributed by atoms with Gasteiger partial charge in [-0.15, -0.1) is 0 Å². The predicted molar refractivity (Wildman–Crippen MR) is 74.9 cm³/mol. The van der Waals surface area contributed by atoms with E-state index in [4.69, 9.17) is 4.74 Å². The number of nitrogens with one attached hydrogen (secondary N) is 1. The van der Waals surface area contributed by atoms with E-state index in [9.17, 15) is 19.7 Å². The smallest absolute Gasteiger partial charge is 0.343 e. The van der Waals surface area contributed by atoms with E-state index in [1.165, 1.54) is 12.3 Å². The third-order valence-corrected chi connectivity index (χ3v) is 3.26. The number of halogens is 1. The zero-order valence-corrected chi connectivity index (χ0v) is 11.9. The molecule has 20 heavy (non-hydrogen) atoms. The molecular formula is C12H9BrN2O5. The lowest BCUT2D eigenvalue weighted by Gasteiger charge is -2.04. The Bertz CT molecular complexity index is 768. The van der Waals surface area contributed by atoms with Crippen LogP contribution in [-0.4, -0.2) is 22.5 Å². The van der Waals surface area contributed by atoms with Gasteiger partial charge < -0.3 is 9.72 Å². The van der Waals surface area contributed by atoms with E-state index in [0.29, 0.717) is 9.99 Å². The number of carbonyl (C=O) groups excluding carboxylic acids is 1. The van der Waals surface area contributed by atoms with Gasteiger partial charge in [-0.25, -0.2) is 4.79 Å². The number of nitrogens with zero attached hydrogens (tertiary/aromatic N) is 1. The van der Waals surface area contributed by atoms with E-state index in [2.05, 4.69) is 20.9 Å². The number of rotatable bonds is 3. The number of fused-ring (bicyclic) bond motifs is 1. The van der Waals surface area contributed by atoms with Crippen molar-refractivity contribution in [2.24, 2.45) is 0 Å². The number of aromatic nitrogens is 1. The first kappa shape index (κ1) is 14.2. The van der Waals surface area contributed by atoms with Crippen molar-refractivity contribution in [3.05, 3.63) is 48.7 Å². The number of hydrogen-bond acceptors (Lipinski definition) is 5. The average Bonchev–Trinajstić information content (AvgIpc) is 2.39. The molecular weight excluding hydrogens is 332 g/mol. The number of H-pyrrole nitrogens is 1. The Morgan fingerprint density at radius 2 is 2.20 bits per heavy atom. The summed E-state index contributed by atoms with van der Waals surface area (Å²) in [5.74, 6) is -0.765. The van der Waals surface area contributed by atoms with Gasteiger partial charge in [-0.2, -0.15) is 0 Å². The molecule has 0 unspecified atom stereocenters. The summed E-state index contributed by atoms with van der Waals surface area (Å²) in [5.41, 5.74) is -0.655. The van der Waals surface area contributed by atoms with Crippen LogP contribution >= 0.6 is 15.9 Å². The number of aromatic amines is 1. The van der Waals surface area contributed by atoms with Crippen LogP contribution < -0.4 is 5.43 Å². The van der Waals surface area contributed by atoms with Gasteiger partial charge in [-0.3, -0.25) is 14.9 Å². The Hall–Kier alpha value is -2.22. The number of benzene rings is 1. The summed E-state index contributed by atoms with van der Waals surface area (Å²) in [6.07, 6.45) is 1.24. The molecule has 0 fully saturated rings. The standard InChI is InChI=1S/C12H9BrN2O5/c1-2-20-12(17)8-5-14-10-7(11(8)16)3-6(15(18)19)4-9(10)13/h3-5H,2H2,1H3,(H,14,16). The monoisotopic (exact) mass is 340 g/mol. The number of esters is 1. The molecule has 1 N–H and O–H groups in total. The third-order valence-electron chi connectivity index (χ3n) is 2.63. The van der Waals surface area contributed by atoms with E-state index in [-0.39, 0.29) is 23.2 Å². The van der Waals surface area contributed by atoms with Gasteiger partial charge in [0.1, 0.15) is 5.56 Å². The molecule has 0 atom stereocenters. The van der Waals surface area contributed by atoms with Crippen molar-refractivity contribution >= 4 is 38.5 Å². The normalized spacial score (nSPS) is 10.5. The Morgan fingerprint density at radius 3 is 2.80 bits per heavy atom. The number of nitro benzene ring substituents is 1. The van der Waals surface area contributed by atoms with Crippen molar-refractivity contribution in [2.75, 3.05) is 6.61 Å². The van der Waals surface area contributed by atoms with E-state index in [0.717, 1.165) is 6.07 Å². The SMILES string of the molecule is CCOC(=O)c1c[nH]c2c(Br)cc([N+](=O)[O-])cc2c1=O. The lowest BCUT2D eigenvalue weighted by molar-refractivity contribution is -0.384. The van der Waals surface area contributed by atoms with E-state index in [1.807, 2.05) is 0 Å². The molecule has 7 nitrogen and oxygen atoms in total. The summed E-state index contributed by atoms with van der Waals surface area (Å²) in [4.78, 5) is 36.8. The van der Waals surface area contributed by atoms with Crippen LogP contribution in [0.15, 0.2) is 27.6 Å². The lowest BCUT2D eigenvalue weighted by Crippen LogP contribution is -2.18. The van der Waals surface area contributed by atoms with E-state index < -0.39 is 16.3 Å². The van der Waals surface area contributed by atoms with Crippen LogP contribution in [0.3, 0.4) is 0 Å². The Kier molecular flexibility index (Phi) is 3.84. The second kappa shape index (κ2) is 5.41. The van der Waals surface area contributed by atoms with Gasteiger partial charge >= 0.3 is 5.97 Å². The Morgan fingerprint density at radius 1 is 1.50 bits per heavy atom. The summed E-state index contributed by atoms with van der Waals surface area (Å²) in [7, 11) is 0. The minimum atomic E-state index is -0.765. The first-order valence-electron chi connectivity index (χ1n) is 5.62. The second-order valence-electron chi connectivity index (χ2n) is 3.86. The van der Waals surface area contributed by atoms with Crippen LogP contribution in [-0.2, 0) is 4.74 Å². The average molecular weight is 341 g/mol. The fourth-order valence-corrected chi connectivity index (χ4v) is 2.30. The molecule has 0 amide bonds. The first-order valence-corrected chi connectivity index (χ1v) is 6.41. The Labute approximate surface area is 120 Å². The van der Waals surface area contributed by atoms with Gasteiger partial charge in [0, 0.05) is 22.8 Å². The zero-order chi connectivity index (χ0) is 14.9. The van der Waals surface area contributed by atoms with Crippen molar-refractivity contribution in [3.8, 4) is 0 Å². The van der Waals surface area contributed by atoms with Gasteiger partial charge in [0.25, 0.3) is 5.69 Å². The molecule has 104 valence electrons. The van der Waals surface area contributed by atoms with Gasteiger partial charge in [-0.1, -0.05) is 0 Å². The van der Waals surface area contributed by atoms with E-state index in [1.54, 1.807) is 6.92 Å². The van der Waals surface area contributed by atoms with E-state index >= 15 is 0 Å². The topological polar surface area (TPSA) is 102 Å². The molecule has 1 heterocycles.